The zero-order valence-corrected chi connectivity index (χ0v) is 20.5. The Labute approximate surface area is 203 Å². The summed E-state index contributed by atoms with van der Waals surface area (Å²) in [7, 11) is 3.12. The van der Waals surface area contributed by atoms with Crippen LogP contribution < -0.4 is 4.74 Å². The lowest BCUT2D eigenvalue weighted by Gasteiger charge is -2.37. The Morgan fingerprint density at radius 3 is 2.79 bits per heavy atom. The molecule has 2 aromatic rings. The number of nitrogens with zero attached hydrogens (tertiary/aromatic N) is 3. The molecule has 0 spiro atoms. The highest BCUT2D eigenvalue weighted by molar-refractivity contribution is 7.09. The standard InChI is InChI=1S/C25H31N3O5S/c1-32-14-7-13-28-22(30)17-25(24(28)31,18-8-3-4-10-20(18)33-2)16-21(29)27-12-6-5-9-19(27)23-26-11-15-34-23/h3-4,8,10-11,15,19H,5-7,9,12-14,16-17H2,1-2H3/t19-,25+/m1/s1. The summed E-state index contributed by atoms with van der Waals surface area (Å²) in [4.78, 5) is 48.3. The number of amides is 3. The fraction of sp³-hybridized carbons (Fsp3) is 0.520. The average molecular weight is 486 g/mol. The third-order valence-electron chi connectivity index (χ3n) is 6.77. The summed E-state index contributed by atoms with van der Waals surface area (Å²) in [5.74, 6) is -0.236. The molecule has 0 unspecified atom stereocenters. The lowest BCUT2D eigenvalue weighted by Crippen LogP contribution is -2.46. The molecule has 34 heavy (non-hydrogen) atoms. The molecule has 182 valence electrons. The molecule has 4 rings (SSSR count). The first-order valence-electron chi connectivity index (χ1n) is 11.7. The summed E-state index contributed by atoms with van der Waals surface area (Å²) in [6.07, 6.45) is 4.94. The van der Waals surface area contributed by atoms with Gasteiger partial charge in [-0.3, -0.25) is 19.3 Å². The van der Waals surface area contributed by atoms with Crippen LogP contribution in [-0.2, 0) is 24.5 Å². The van der Waals surface area contributed by atoms with Crippen molar-refractivity contribution in [2.24, 2.45) is 0 Å². The van der Waals surface area contributed by atoms with Crippen molar-refractivity contribution in [2.45, 2.75) is 50.0 Å². The molecule has 3 heterocycles. The largest absolute Gasteiger partial charge is 0.496 e. The summed E-state index contributed by atoms with van der Waals surface area (Å²) in [5.41, 5.74) is -0.708. The van der Waals surface area contributed by atoms with E-state index in [1.165, 1.54) is 12.0 Å². The van der Waals surface area contributed by atoms with Crippen LogP contribution in [0, 0.1) is 0 Å². The van der Waals surface area contributed by atoms with Crippen LogP contribution >= 0.6 is 11.3 Å². The Hall–Kier alpha value is -2.78. The third-order valence-corrected chi connectivity index (χ3v) is 7.65. The molecule has 0 aliphatic carbocycles. The van der Waals surface area contributed by atoms with Crippen molar-refractivity contribution in [1.82, 2.24) is 14.8 Å². The molecule has 1 aromatic heterocycles. The van der Waals surface area contributed by atoms with Gasteiger partial charge in [0, 0.05) is 56.8 Å². The number of hydrogen-bond donors (Lipinski definition) is 0. The molecule has 3 amide bonds. The van der Waals surface area contributed by atoms with E-state index < -0.39 is 5.41 Å². The maximum Gasteiger partial charge on any atom is 0.241 e. The van der Waals surface area contributed by atoms with Crippen LogP contribution in [0.25, 0.3) is 0 Å². The molecule has 2 aliphatic heterocycles. The van der Waals surface area contributed by atoms with Gasteiger partial charge in [-0.1, -0.05) is 18.2 Å². The van der Waals surface area contributed by atoms with Gasteiger partial charge in [0.05, 0.1) is 18.6 Å². The maximum atomic E-state index is 13.9. The predicted octanol–water partition coefficient (Wildman–Crippen LogP) is 3.33. The second-order valence-electron chi connectivity index (χ2n) is 8.80. The first-order valence-corrected chi connectivity index (χ1v) is 12.6. The van der Waals surface area contributed by atoms with Gasteiger partial charge < -0.3 is 14.4 Å². The lowest BCUT2D eigenvalue weighted by molar-refractivity contribution is -0.144. The number of piperidine rings is 1. The molecule has 0 bridgehead atoms. The Kier molecular flexibility index (Phi) is 7.63. The second kappa shape index (κ2) is 10.7. The molecule has 2 saturated heterocycles. The fourth-order valence-electron chi connectivity index (χ4n) is 5.12. The summed E-state index contributed by atoms with van der Waals surface area (Å²) >= 11 is 1.54. The van der Waals surface area contributed by atoms with E-state index in [-0.39, 0.29) is 43.1 Å². The van der Waals surface area contributed by atoms with E-state index in [1.54, 1.807) is 36.8 Å². The Balaban J connectivity index is 1.69. The van der Waals surface area contributed by atoms with Crippen LogP contribution in [0.4, 0.5) is 0 Å². The minimum Gasteiger partial charge on any atom is -0.496 e. The van der Waals surface area contributed by atoms with E-state index in [2.05, 4.69) is 4.98 Å². The van der Waals surface area contributed by atoms with Gasteiger partial charge in [0.1, 0.15) is 10.8 Å². The van der Waals surface area contributed by atoms with Gasteiger partial charge in [-0.25, -0.2) is 4.98 Å². The molecule has 2 atom stereocenters. The monoisotopic (exact) mass is 485 g/mol. The third kappa shape index (κ3) is 4.59. The quantitative estimate of drug-likeness (QED) is 0.400. The molecule has 0 radical (unpaired) electrons. The predicted molar refractivity (Wildman–Crippen MR) is 128 cm³/mol. The van der Waals surface area contributed by atoms with E-state index in [0.29, 0.717) is 30.9 Å². The van der Waals surface area contributed by atoms with E-state index in [1.807, 2.05) is 22.4 Å². The highest BCUT2D eigenvalue weighted by atomic mass is 32.1. The molecule has 8 nitrogen and oxygen atoms in total. The van der Waals surface area contributed by atoms with Gasteiger partial charge in [-0.2, -0.15) is 0 Å². The van der Waals surface area contributed by atoms with Gasteiger partial charge in [-0.15, -0.1) is 11.3 Å². The lowest BCUT2D eigenvalue weighted by atomic mass is 9.75. The van der Waals surface area contributed by atoms with Crippen molar-refractivity contribution in [2.75, 3.05) is 33.9 Å². The molecular weight excluding hydrogens is 454 g/mol. The number of ether oxygens (including phenoxy) is 2. The van der Waals surface area contributed by atoms with Crippen LogP contribution in [0.1, 0.15) is 55.1 Å². The minimum absolute atomic E-state index is 0.0549. The summed E-state index contributed by atoms with van der Waals surface area (Å²) in [6, 6.07) is 7.10. The first-order chi connectivity index (χ1) is 16.5. The van der Waals surface area contributed by atoms with E-state index in [4.69, 9.17) is 9.47 Å². The first kappa shape index (κ1) is 24.3. The number of aromatic nitrogens is 1. The fourth-order valence-corrected chi connectivity index (χ4v) is 5.91. The molecule has 2 fully saturated rings. The number of benzene rings is 1. The number of carbonyl (C=O) groups excluding carboxylic acids is 3. The maximum absolute atomic E-state index is 13.9. The van der Waals surface area contributed by atoms with Gasteiger partial charge in [0.15, 0.2) is 0 Å². The smallest absolute Gasteiger partial charge is 0.241 e. The summed E-state index contributed by atoms with van der Waals surface area (Å²) < 4.78 is 10.7. The van der Waals surface area contributed by atoms with Crippen molar-refractivity contribution < 1.29 is 23.9 Å². The Bertz CT molecular complexity index is 1030. The van der Waals surface area contributed by atoms with Gasteiger partial charge in [0.25, 0.3) is 0 Å². The van der Waals surface area contributed by atoms with Crippen molar-refractivity contribution in [3.63, 3.8) is 0 Å². The van der Waals surface area contributed by atoms with Gasteiger partial charge >= 0.3 is 0 Å². The van der Waals surface area contributed by atoms with Crippen molar-refractivity contribution in [3.05, 3.63) is 46.4 Å². The zero-order chi connectivity index (χ0) is 24.1. The van der Waals surface area contributed by atoms with Gasteiger partial charge in [-0.05, 0) is 31.7 Å². The van der Waals surface area contributed by atoms with Crippen LogP contribution in [0.2, 0.25) is 0 Å². The highest BCUT2D eigenvalue weighted by Gasteiger charge is 2.55. The number of imide groups is 1. The number of rotatable bonds is 9. The van der Waals surface area contributed by atoms with Crippen molar-refractivity contribution >= 4 is 29.1 Å². The molecule has 0 saturated carbocycles. The van der Waals surface area contributed by atoms with Crippen LogP contribution in [0.5, 0.6) is 5.75 Å². The molecule has 2 aliphatic rings. The second-order valence-corrected chi connectivity index (χ2v) is 9.73. The SMILES string of the molecule is COCCCN1C(=O)C[C@@](CC(=O)N2CCCC[C@@H]2c2nccs2)(c2ccccc2OC)C1=O. The number of methoxy groups -OCH3 is 2. The molecule has 9 heteroatoms. The Morgan fingerprint density at radius 2 is 2.06 bits per heavy atom. The summed E-state index contributed by atoms with van der Waals surface area (Å²) in [5, 5.41) is 2.83. The van der Waals surface area contributed by atoms with Crippen LogP contribution in [0.3, 0.4) is 0 Å². The Morgan fingerprint density at radius 1 is 1.24 bits per heavy atom. The normalized spacial score (nSPS) is 22.9. The highest BCUT2D eigenvalue weighted by Crippen LogP contribution is 2.45. The van der Waals surface area contributed by atoms with E-state index >= 15 is 0 Å². The summed E-state index contributed by atoms with van der Waals surface area (Å²) in [6.45, 7) is 1.33. The topological polar surface area (TPSA) is 89.0 Å². The molecule has 0 N–H and O–H groups in total. The van der Waals surface area contributed by atoms with Crippen molar-refractivity contribution in [1.29, 1.82) is 0 Å². The number of thiazole rings is 1. The number of likely N-dealkylation sites (tertiary alicyclic amines) is 2. The minimum atomic E-state index is -1.29. The number of hydrogen-bond acceptors (Lipinski definition) is 7. The van der Waals surface area contributed by atoms with Crippen molar-refractivity contribution in [3.8, 4) is 5.75 Å². The number of para-hydroxylation sites is 1. The molecular formula is C25H31N3O5S. The van der Waals surface area contributed by atoms with E-state index in [0.717, 1.165) is 24.3 Å². The number of carbonyl (C=O) groups is 3. The van der Waals surface area contributed by atoms with Crippen LogP contribution in [0.15, 0.2) is 35.8 Å². The van der Waals surface area contributed by atoms with Crippen LogP contribution in [-0.4, -0.2) is 66.4 Å². The average Bonchev–Trinajstić information content (AvgIpc) is 3.47. The zero-order valence-electron chi connectivity index (χ0n) is 19.7. The molecule has 1 aromatic carbocycles. The van der Waals surface area contributed by atoms with Gasteiger partial charge in [0.2, 0.25) is 17.7 Å². The van der Waals surface area contributed by atoms with E-state index in [9.17, 15) is 14.4 Å².